The van der Waals surface area contributed by atoms with Gasteiger partial charge in [0.2, 0.25) is 0 Å². The molecule has 0 fully saturated rings. The molecule has 80 valence electrons. The van der Waals surface area contributed by atoms with Crippen molar-refractivity contribution in [2.24, 2.45) is 5.92 Å². The van der Waals surface area contributed by atoms with Gasteiger partial charge in [-0.3, -0.25) is 9.36 Å². The Kier molecular flexibility index (Phi) is 3.12. The highest BCUT2D eigenvalue weighted by Crippen LogP contribution is 2.17. The van der Waals surface area contributed by atoms with Gasteiger partial charge in [0.15, 0.2) is 0 Å². The molecule has 0 saturated carbocycles. The lowest BCUT2D eigenvalue weighted by molar-refractivity contribution is 0.534. The molecule has 0 aliphatic rings. The number of thiazole rings is 1. The van der Waals surface area contributed by atoms with E-state index < -0.39 is 0 Å². The van der Waals surface area contributed by atoms with Crippen LogP contribution >= 0.6 is 22.9 Å². The molecule has 0 spiro atoms. The molecule has 1 aromatic carbocycles. The van der Waals surface area contributed by atoms with Crippen molar-refractivity contribution in [3.05, 3.63) is 33.9 Å². The van der Waals surface area contributed by atoms with Gasteiger partial charge in [0.05, 0.1) is 10.2 Å². The van der Waals surface area contributed by atoms with Gasteiger partial charge in [-0.1, -0.05) is 30.4 Å². The van der Waals surface area contributed by atoms with E-state index in [0.29, 0.717) is 18.3 Å². The summed E-state index contributed by atoms with van der Waals surface area (Å²) >= 11 is 7.06. The molecule has 4 heteroatoms. The van der Waals surface area contributed by atoms with Crippen molar-refractivity contribution in [3.8, 4) is 0 Å². The van der Waals surface area contributed by atoms with Gasteiger partial charge in [-0.25, -0.2) is 0 Å². The Bertz CT molecular complexity index is 517. The molecule has 0 amide bonds. The number of nitrogens with zero attached hydrogens (tertiary/aromatic N) is 1. The Labute approximate surface area is 97.1 Å². The predicted molar refractivity (Wildman–Crippen MR) is 66.0 cm³/mol. The van der Waals surface area contributed by atoms with E-state index >= 15 is 0 Å². The number of hydrogen-bond donors (Lipinski definition) is 0. The lowest BCUT2D eigenvalue weighted by Gasteiger charge is -2.08. The van der Waals surface area contributed by atoms with Crippen molar-refractivity contribution >= 4 is 33.2 Å². The maximum Gasteiger partial charge on any atom is 0.308 e. The van der Waals surface area contributed by atoms with Crippen LogP contribution in [0.2, 0.25) is 0 Å². The van der Waals surface area contributed by atoms with Gasteiger partial charge in [0.1, 0.15) is 0 Å². The number of para-hydroxylation sites is 1. The minimum absolute atomic E-state index is 0.105. The molecule has 1 aromatic heterocycles. The van der Waals surface area contributed by atoms with E-state index in [0.717, 1.165) is 10.2 Å². The van der Waals surface area contributed by atoms with Gasteiger partial charge in [0, 0.05) is 12.4 Å². The third-order valence-electron chi connectivity index (χ3n) is 2.33. The summed E-state index contributed by atoms with van der Waals surface area (Å²) in [6.45, 7) is 2.75. The van der Waals surface area contributed by atoms with Crippen molar-refractivity contribution in [2.45, 2.75) is 13.5 Å². The summed E-state index contributed by atoms with van der Waals surface area (Å²) in [6, 6.07) is 7.86. The van der Waals surface area contributed by atoms with Gasteiger partial charge in [-0.2, -0.15) is 0 Å². The highest BCUT2D eigenvalue weighted by Gasteiger charge is 2.09. The lowest BCUT2D eigenvalue weighted by Crippen LogP contribution is -2.18. The number of fused-ring (bicyclic) bond motifs is 1. The van der Waals surface area contributed by atoms with E-state index in [9.17, 15) is 4.79 Å². The van der Waals surface area contributed by atoms with Crippen molar-refractivity contribution in [1.29, 1.82) is 0 Å². The minimum atomic E-state index is 0.105. The van der Waals surface area contributed by atoms with E-state index in [4.69, 9.17) is 11.6 Å². The Hall–Kier alpha value is -0.800. The van der Waals surface area contributed by atoms with Crippen LogP contribution in [0, 0.1) is 5.92 Å². The van der Waals surface area contributed by atoms with Crippen LogP contribution in [0.15, 0.2) is 29.1 Å². The van der Waals surface area contributed by atoms with Crippen molar-refractivity contribution < 1.29 is 0 Å². The molecule has 0 bridgehead atoms. The summed E-state index contributed by atoms with van der Waals surface area (Å²) in [5, 5.41) is 0. The molecule has 2 aromatic rings. The molecule has 1 heterocycles. The maximum absolute atomic E-state index is 11.7. The third kappa shape index (κ3) is 2.08. The van der Waals surface area contributed by atoms with E-state index in [2.05, 4.69) is 0 Å². The zero-order chi connectivity index (χ0) is 10.8. The standard InChI is InChI=1S/C11H12ClNOS/c1-8(6-12)7-13-9-4-2-3-5-10(9)15-11(13)14/h2-5,8H,6-7H2,1H3. The monoisotopic (exact) mass is 241 g/mol. The normalized spacial score (nSPS) is 13.2. The van der Waals surface area contributed by atoms with Crippen LogP contribution in [0.3, 0.4) is 0 Å². The zero-order valence-electron chi connectivity index (χ0n) is 8.44. The zero-order valence-corrected chi connectivity index (χ0v) is 10.0. The number of rotatable bonds is 3. The van der Waals surface area contributed by atoms with Crippen molar-refractivity contribution in [2.75, 3.05) is 5.88 Å². The summed E-state index contributed by atoms with van der Waals surface area (Å²) in [6.07, 6.45) is 0. The second-order valence-electron chi connectivity index (χ2n) is 3.71. The fourth-order valence-electron chi connectivity index (χ4n) is 1.55. The first-order chi connectivity index (χ1) is 7.22. The summed E-state index contributed by atoms with van der Waals surface area (Å²) in [7, 11) is 0. The van der Waals surface area contributed by atoms with Crippen LogP contribution in [0.5, 0.6) is 0 Å². The average molecular weight is 242 g/mol. The van der Waals surface area contributed by atoms with Crippen molar-refractivity contribution in [3.63, 3.8) is 0 Å². The number of benzene rings is 1. The smallest absolute Gasteiger partial charge is 0.298 e. The number of halogens is 1. The maximum atomic E-state index is 11.7. The lowest BCUT2D eigenvalue weighted by atomic mass is 10.2. The molecule has 2 rings (SSSR count). The van der Waals surface area contributed by atoms with Crippen molar-refractivity contribution in [1.82, 2.24) is 4.57 Å². The minimum Gasteiger partial charge on any atom is -0.298 e. The second kappa shape index (κ2) is 4.37. The first-order valence-electron chi connectivity index (χ1n) is 4.86. The van der Waals surface area contributed by atoms with Gasteiger partial charge in [0.25, 0.3) is 0 Å². The van der Waals surface area contributed by atoms with Gasteiger partial charge in [-0.05, 0) is 18.1 Å². The topological polar surface area (TPSA) is 22.0 Å². The van der Waals surface area contributed by atoms with Gasteiger partial charge in [-0.15, -0.1) is 11.6 Å². The fraction of sp³-hybridized carbons (Fsp3) is 0.364. The molecule has 1 atom stereocenters. The molecular weight excluding hydrogens is 230 g/mol. The van der Waals surface area contributed by atoms with E-state index in [1.807, 2.05) is 35.8 Å². The van der Waals surface area contributed by atoms with Crippen LogP contribution in [0.1, 0.15) is 6.92 Å². The first kappa shape index (κ1) is 10.7. The molecular formula is C11H12ClNOS. The highest BCUT2D eigenvalue weighted by molar-refractivity contribution is 7.16. The first-order valence-corrected chi connectivity index (χ1v) is 6.22. The summed E-state index contributed by atoms with van der Waals surface area (Å²) in [5.74, 6) is 0.902. The predicted octanol–water partition coefficient (Wildman–Crippen LogP) is 2.94. The highest BCUT2D eigenvalue weighted by atomic mass is 35.5. The number of hydrogen-bond acceptors (Lipinski definition) is 2. The SMILES string of the molecule is CC(CCl)Cn1c(=O)sc2ccccc21. The van der Waals surface area contributed by atoms with Gasteiger partial charge >= 0.3 is 4.87 Å². The Balaban J connectivity index is 2.50. The Morgan fingerprint density at radius 2 is 2.20 bits per heavy atom. The summed E-state index contributed by atoms with van der Waals surface area (Å²) < 4.78 is 2.86. The van der Waals surface area contributed by atoms with Crippen LogP contribution in [-0.4, -0.2) is 10.4 Å². The van der Waals surface area contributed by atoms with Crippen LogP contribution in [-0.2, 0) is 6.54 Å². The summed E-state index contributed by atoms with van der Waals surface area (Å²) in [5.41, 5.74) is 1.02. The fourth-order valence-corrected chi connectivity index (χ4v) is 2.55. The summed E-state index contributed by atoms with van der Waals surface area (Å²) in [4.78, 5) is 11.8. The Morgan fingerprint density at radius 3 is 2.93 bits per heavy atom. The molecule has 0 aliphatic carbocycles. The Morgan fingerprint density at radius 1 is 1.47 bits per heavy atom. The average Bonchev–Trinajstić information content (AvgIpc) is 2.55. The van der Waals surface area contributed by atoms with Gasteiger partial charge < -0.3 is 0 Å². The largest absolute Gasteiger partial charge is 0.308 e. The number of alkyl halides is 1. The molecule has 1 unspecified atom stereocenters. The molecule has 2 nitrogen and oxygen atoms in total. The molecule has 0 N–H and O–H groups in total. The second-order valence-corrected chi connectivity index (χ2v) is 5.01. The van der Waals surface area contributed by atoms with E-state index in [1.165, 1.54) is 11.3 Å². The van der Waals surface area contributed by atoms with E-state index in [-0.39, 0.29) is 4.87 Å². The molecule has 0 radical (unpaired) electrons. The van der Waals surface area contributed by atoms with Crippen LogP contribution < -0.4 is 4.87 Å². The molecule has 0 saturated heterocycles. The molecule has 0 aliphatic heterocycles. The van der Waals surface area contributed by atoms with E-state index in [1.54, 1.807) is 0 Å². The number of aromatic nitrogens is 1. The van der Waals surface area contributed by atoms with Crippen LogP contribution in [0.25, 0.3) is 10.2 Å². The van der Waals surface area contributed by atoms with Crippen LogP contribution in [0.4, 0.5) is 0 Å². The molecule has 15 heavy (non-hydrogen) atoms. The third-order valence-corrected chi connectivity index (χ3v) is 3.82. The quantitative estimate of drug-likeness (QED) is 0.758.